The topological polar surface area (TPSA) is 46.2 Å². The molecule has 1 saturated heterocycles. The third-order valence-corrected chi connectivity index (χ3v) is 2.33. The maximum Gasteiger partial charge on any atom is 0.254 e. The Kier molecular flexibility index (Phi) is 0.781. The van der Waals surface area contributed by atoms with Gasteiger partial charge in [-0.3, -0.25) is 14.9 Å². The molecule has 1 atom stereocenters. The molecule has 1 aliphatic heterocycles. The lowest BCUT2D eigenvalue weighted by atomic mass is 9.96. The molecule has 1 N–H and O–H groups in total. The van der Waals surface area contributed by atoms with Crippen LogP contribution in [0.1, 0.15) is 0 Å². The van der Waals surface area contributed by atoms with Crippen LogP contribution in [0.3, 0.4) is 0 Å². The summed E-state index contributed by atoms with van der Waals surface area (Å²) in [6, 6.07) is 0. The number of rotatable bonds is 0. The first-order valence-electron chi connectivity index (χ1n) is 3.76. The van der Waals surface area contributed by atoms with Crippen LogP contribution in [0, 0.1) is 5.92 Å². The van der Waals surface area contributed by atoms with Gasteiger partial charge in [0.25, 0.3) is 5.91 Å². The average Bonchev–Trinajstić information content (AvgIpc) is 2.73. The van der Waals surface area contributed by atoms with Gasteiger partial charge in [0.05, 0.1) is 5.92 Å². The van der Waals surface area contributed by atoms with Gasteiger partial charge >= 0.3 is 0 Å². The van der Waals surface area contributed by atoms with Gasteiger partial charge in [-0.25, -0.2) is 0 Å². The molecule has 0 aromatic heterocycles. The molecule has 3 nitrogen and oxygen atoms in total. The standard InChI is InChI=1S/C9H5NO2/c11-8-6-2-4-1-5(4)3-7(6)9(12)10-8/h1-3,6H,(H,10,11,12). The van der Waals surface area contributed by atoms with Gasteiger partial charge in [-0.2, -0.15) is 0 Å². The smallest absolute Gasteiger partial charge is 0.254 e. The molecule has 2 amide bonds. The molecule has 1 unspecified atom stereocenters. The molecule has 1 heterocycles. The van der Waals surface area contributed by atoms with E-state index in [0.717, 1.165) is 11.1 Å². The van der Waals surface area contributed by atoms with Crippen molar-refractivity contribution >= 4 is 11.8 Å². The zero-order chi connectivity index (χ0) is 8.29. The van der Waals surface area contributed by atoms with Crippen LogP contribution in [0.15, 0.2) is 34.9 Å². The van der Waals surface area contributed by atoms with Gasteiger partial charge in [0.15, 0.2) is 0 Å². The van der Waals surface area contributed by atoms with Gasteiger partial charge in [0, 0.05) is 5.57 Å². The summed E-state index contributed by atoms with van der Waals surface area (Å²) >= 11 is 0. The van der Waals surface area contributed by atoms with E-state index in [2.05, 4.69) is 5.32 Å². The molecule has 0 bridgehead atoms. The predicted molar refractivity (Wildman–Crippen MR) is 40.9 cm³/mol. The number of allylic oxidation sites excluding steroid dienone is 4. The van der Waals surface area contributed by atoms with Gasteiger partial charge in [0.2, 0.25) is 5.91 Å². The Morgan fingerprint density at radius 1 is 1.17 bits per heavy atom. The van der Waals surface area contributed by atoms with Crippen molar-refractivity contribution < 1.29 is 9.59 Å². The molecule has 0 aromatic rings. The maximum atomic E-state index is 11.1. The quantitative estimate of drug-likeness (QED) is 0.508. The molecule has 0 radical (unpaired) electrons. The Balaban J connectivity index is 2.16. The molecule has 3 rings (SSSR count). The van der Waals surface area contributed by atoms with Crippen molar-refractivity contribution in [1.29, 1.82) is 0 Å². The van der Waals surface area contributed by atoms with E-state index in [1.165, 1.54) is 0 Å². The number of hydrogen-bond donors (Lipinski definition) is 1. The van der Waals surface area contributed by atoms with E-state index in [-0.39, 0.29) is 17.7 Å². The molecule has 58 valence electrons. The monoisotopic (exact) mass is 159 g/mol. The van der Waals surface area contributed by atoms with Crippen molar-refractivity contribution in [3.05, 3.63) is 34.9 Å². The minimum atomic E-state index is -0.324. The van der Waals surface area contributed by atoms with Crippen molar-refractivity contribution in [3.8, 4) is 0 Å². The van der Waals surface area contributed by atoms with Gasteiger partial charge in [-0.05, 0) is 23.3 Å². The number of imide groups is 1. The van der Waals surface area contributed by atoms with Crippen LogP contribution in [0.25, 0.3) is 0 Å². The maximum absolute atomic E-state index is 11.1. The lowest BCUT2D eigenvalue weighted by Gasteiger charge is -2.03. The van der Waals surface area contributed by atoms with Crippen LogP contribution in [0.5, 0.6) is 0 Å². The highest BCUT2D eigenvalue weighted by atomic mass is 16.2. The largest absolute Gasteiger partial charge is 0.292 e. The van der Waals surface area contributed by atoms with Crippen molar-refractivity contribution in [1.82, 2.24) is 5.32 Å². The molecule has 0 saturated carbocycles. The number of carbonyl (C=O) groups is 2. The van der Waals surface area contributed by atoms with Gasteiger partial charge in [-0.1, -0.05) is 6.08 Å². The van der Waals surface area contributed by atoms with E-state index < -0.39 is 0 Å². The van der Waals surface area contributed by atoms with Gasteiger partial charge < -0.3 is 0 Å². The lowest BCUT2D eigenvalue weighted by molar-refractivity contribution is -0.125. The molecule has 3 aliphatic rings. The fourth-order valence-electron chi connectivity index (χ4n) is 1.61. The van der Waals surface area contributed by atoms with Crippen LogP contribution in [0.4, 0.5) is 0 Å². The van der Waals surface area contributed by atoms with Gasteiger partial charge in [0.1, 0.15) is 0 Å². The summed E-state index contributed by atoms with van der Waals surface area (Å²) in [5.41, 5.74) is 2.78. The Bertz CT molecular complexity index is 412. The second-order valence-electron chi connectivity index (χ2n) is 3.12. The van der Waals surface area contributed by atoms with E-state index in [1.807, 2.05) is 12.2 Å². The van der Waals surface area contributed by atoms with Crippen LogP contribution >= 0.6 is 0 Å². The zero-order valence-electron chi connectivity index (χ0n) is 6.13. The Morgan fingerprint density at radius 3 is 2.83 bits per heavy atom. The molecule has 3 heteroatoms. The van der Waals surface area contributed by atoms with Gasteiger partial charge in [-0.15, -0.1) is 0 Å². The molecular formula is C9H5NO2. The first-order chi connectivity index (χ1) is 5.75. The Morgan fingerprint density at radius 2 is 2.00 bits per heavy atom. The summed E-state index contributed by atoms with van der Waals surface area (Å²) in [5.74, 6) is -0.763. The number of carbonyl (C=O) groups excluding carboxylic acids is 2. The summed E-state index contributed by atoms with van der Waals surface area (Å²) in [6.45, 7) is 0. The molecule has 12 heavy (non-hydrogen) atoms. The molecular weight excluding hydrogens is 154 g/mol. The fraction of sp³-hybridized carbons (Fsp3) is 0.111. The van der Waals surface area contributed by atoms with Crippen molar-refractivity contribution in [2.24, 2.45) is 5.92 Å². The minimum Gasteiger partial charge on any atom is -0.292 e. The minimum absolute atomic E-state index is 0.196. The average molecular weight is 159 g/mol. The van der Waals surface area contributed by atoms with E-state index in [4.69, 9.17) is 0 Å². The van der Waals surface area contributed by atoms with E-state index in [9.17, 15) is 9.59 Å². The third-order valence-electron chi connectivity index (χ3n) is 2.33. The normalized spacial score (nSPS) is 29.7. The summed E-state index contributed by atoms with van der Waals surface area (Å²) in [5, 5.41) is 2.28. The highest BCUT2D eigenvalue weighted by Crippen LogP contribution is 2.39. The van der Waals surface area contributed by atoms with Crippen molar-refractivity contribution in [3.63, 3.8) is 0 Å². The van der Waals surface area contributed by atoms with Crippen LogP contribution in [0.2, 0.25) is 0 Å². The highest BCUT2D eigenvalue weighted by molar-refractivity contribution is 6.17. The third kappa shape index (κ3) is 0.563. The summed E-state index contributed by atoms with van der Waals surface area (Å²) in [4.78, 5) is 22.3. The van der Waals surface area contributed by atoms with Crippen molar-refractivity contribution in [2.45, 2.75) is 0 Å². The van der Waals surface area contributed by atoms with Crippen LogP contribution in [-0.4, -0.2) is 11.8 Å². The fourth-order valence-corrected chi connectivity index (χ4v) is 1.61. The Labute approximate surface area is 68.4 Å². The van der Waals surface area contributed by atoms with E-state index in [1.54, 1.807) is 6.08 Å². The molecule has 0 spiro atoms. The molecule has 0 aromatic carbocycles. The SMILES string of the molecule is O=C1NC(=O)C2C=C3C=C3C=C12. The zero-order valence-corrected chi connectivity index (χ0v) is 6.13. The summed E-state index contributed by atoms with van der Waals surface area (Å²) in [7, 11) is 0. The van der Waals surface area contributed by atoms with E-state index >= 15 is 0 Å². The van der Waals surface area contributed by atoms with E-state index in [0.29, 0.717) is 5.57 Å². The summed E-state index contributed by atoms with van der Waals surface area (Å²) in [6.07, 6.45) is 5.59. The first-order valence-corrected chi connectivity index (χ1v) is 3.76. The van der Waals surface area contributed by atoms with Crippen molar-refractivity contribution in [2.75, 3.05) is 0 Å². The second kappa shape index (κ2) is 1.58. The number of hydrogen-bond acceptors (Lipinski definition) is 2. The predicted octanol–water partition coefficient (Wildman–Crippen LogP) is 0.0654. The van der Waals surface area contributed by atoms with Crippen LogP contribution in [-0.2, 0) is 9.59 Å². The second-order valence-corrected chi connectivity index (χ2v) is 3.12. The summed E-state index contributed by atoms with van der Waals surface area (Å²) < 4.78 is 0. The molecule has 1 fully saturated rings. The first kappa shape index (κ1) is 5.94. The number of amides is 2. The number of nitrogens with one attached hydrogen (secondary N) is 1. The highest BCUT2D eigenvalue weighted by Gasteiger charge is 2.39. The number of fused-ring (bicyclic) bond motifs is 2. The Hall–Kier alpha value is -1.64. The molecule has 2 aliphatic carbocycles. The lowest BCUT2D eigenvalue weighted by Crippen LogP contribution is -2.21. The van der Waals surface area contributed by atoms with Crippen LogP contribution < -0.4 is 5.32 Å².